The Balaban J connectivity index is 2.39. The second-order valence-electron chi connectivity index (χ2n) is 3.61. The van der Waals surface area contributed by atoms with Gasteiger partial charge in [-0.25, -0.2) is 8.78 Å². The summed E-state index contributed by atoms with van der Waals surface area (Å²) in [5, 5.41) is 0. The first-order chi connectivity index (χ1) is 8.54. The van der Waals surface area contributed by atoms with Gasteiger partial charge in [-0.15, -0.1) is 0 Å². The van der Waals surface area contributed by atoms with E-state index in [-0.39, 0.29) is 6.61 Å². The first-order valence-electron chi connectivity index (χ1n) is 5.48. The SMILES string of the molecule is CCOC(=O)C(N)CSCc1ccc(F)cc1F. The number of halogens is 2. The van der Waals surface area contributed by atoms with Crippen molar-refractivity contribution in [3.8, 4) is 0 Å². The lowest BCUT2D eigenvalue weighted by molar-refractivity contribution is -0.144. The Morgan fingerprint density at radius 2 is 2.22 bits per heavy atom. The van der Waals surface area contributed by atoms with Gasteiger partial charge in [-0.2, -0.15) is 11.8 Å². The molecule has 18 heavy (non-hydrogen) atoms. The zero-order chi connectivity index (χ0) is 13.5. The molecule has 0 bridgehead atoms. The molecule has 0 heterocycles. The molecule has 0 aliphatic heterocycles. The fraction of sp³-hybridized carbons (Fsp3) is 0.417. The van der Waals surface area contributed by atoms with Crippen molar-refractivity contribution in [2.75, 3.05) is 12.4 Å². The normalized spacial score (nSPS) is 12.2. The number of hydrogen-bond donors (Lipinski definition) is 1. The van der Waals surface area contributed by atoms with Gasteiger partial charge in [-0.1, -0.05) is 6.07 Å². The summed E-state index contributed by atoms with van der Waals surface area (Å²) in [6.07, 6.45) is 0. The molecule has 0 amide bonds. The summed E-state index contributed by atoms with van der Waals surface area (Å²) in [6.45, 7) is 1.98. The maximum Gasteiger partial charge on any atom is 0.323 e. The number of nitrogens with two attached hydrogens (primary N) is 1. The third-order valence-corrected chi connectivity index (χ3v) is 3.27. The highest BCUT2D eigenvalue weighted by molar-refractivity contribution is 7.98. The van der Waals surface area contributed by atoms with Crippen LogP contribution in [0.25, 0.3) is 0 Å². The number of ether oxygens (including phenoxy) is 1. The molecule has 3 nitrogen and oxygen atoms in total. The molecule has 0 aliphatic rings. The van der Waals surface area contributed by atoms with Crippen molar-refractivity contribution in [2.45, 2.75) is 18.7 Å². The maximum absolute atomic E-state index is 13.3. The second-order valence-corrected chi connectivity index (χ2v) is 4.64. The van der Waals surface area contributed by atoms with Crippen molar-refractivity contribution >= 4 is 17.7 Å². The van der Waals surface area contributed by atoms with E-state index in [9.17, 15) is 13.6 Å². The molecule has 6 heteroatoms. The molecule has 1 atom stereocenters. The average Bonchev–Trinajstić information content (AvgIpc) is 2.32. The molecule has 0 fully saturated rings. The van der Waals surface area contributed by atoms with E-state index in [4.69, 9.17) is 10.5 Å². The molecule has 0 spiro atoms. The third-order valence-electron chi connectivity index (χ3n) is 2.16. The number of rotatable bonds is 6. The lowest BCUT2D eigenvalue weighted by atomic mass is 10.2. The number of carbonyl (C=O) groups excluding carboxylic acids is 1. The Hall–Kier alpha value is -1.14. The van der Waals surface area contributed by atoms with Crippen molar-refractivity contribution in [2.24, 2.45) is 5.73 Å². The lowest BCUT2D eigenvalue weighted by Gasteiger charge is -2.10. The molecule has 1 unspecified atom stereocenters. The summed E-state index contributed by atoms with van der Waals surface area (Å²) in [6, 6.07) is 2.69. The van der Waals surface area contributed by atoms with E-state index in [1.807, 2.05) is 0 Å². The van der Waals surface area contributed by atoms with Gasteiger partial charge in [0.05, 0.1) is 6.61 Å². The predicted molar refractivity (Wildman–Crippen MR) is 67.1 cm³/mol. The smallest absolute Gasteiger partial charge is 0.323 e. The fourth-order valence-corrected chi connectivity index (χ4v) is 2.21. The van der Waals surface area contributed by atoms with E-state index in [2.05, 4.69) is 0 Å². The van der Waals surface area contributed by atoms with Crippen molar-refractivity contribution in [3.63, 3.8) is 0 Å². The first kappa shape index (κ1) is 14.9. The van der Waals surface area contributed by atoms with E-state index in [1.54, 1.807) is 6.92 Å². The first-order valence-corrected chi connectivity index (χ1v) is 6.64. The highest BCUT2D eigenvalue weighted by Gasteiger charge is 2.14. The van der Waals surface area contributed by atoms with Gasteiger partial charge in [0.2, 0.25) is 0 Å². The fourth-order valence-electron chi connectivity index (χ4n) is 1.25. The van der Waals surface area contributed by atoms with E-state index < -0.39 is 23.6 Å². The van der Waals surface area contributed by atoms with Gasteiger partial charge in [-0.3, -0.25) is 4.79 Å². The molecule has 0 saturated heterocycles. The van der Waals surface area contributed by atoms with Crippen molar-refractivity contribution < 1.29 is 18.3 Å². The van der Waals surface area contributed by atoms with Crippen molar-refractivity contribution in [1.29, 1.82) is 0 Å². The summed E-state index contributed by atoms with van der Waals surface area (Å²) in [5.74, 6) is -1.00. The zero-order valence-electron chi connectivity index (χ0n) is 9.99. The summed E-state index contributed by atoms with van der Waals surface area (Å²) in [5.41, 5.74) is 5.97. The quantitative estimate of drug-likeness (QED) is 0.808. The van der Waals surface area contributed by atoms with E-state index in [0.29, 0.717) is 17.1 Å². The average molecular weight is 275 g/mol. The molecule has 2 N–H and O–H groups in total. The number of carbonyl (C=O) groups is 1. The Morgan fingerprint density at radius 1 is 1.50 bits per heavy atom. The van der Waals surface area contributed by atoms with Crippen LogP contribution in [0.15, 0.2) is 18.2 Å². The summed E-state index contributed by atoms with van der Waals surface area (Å²) < 4.78 is 30.7. The minimum absolute atomic E-state index is 0.282. The second kappa shape index (κ2) is 7.33. The van der Waals surface area contributed by atoms with Gasteiger partial charge in [0.25, 0.3) is 0 Å². The predicted octanol–water partition coefficient (Wildman–Crippen LogP) is 2.09. The molecule has 0 aromatic heterocycles. The van der Waals surface area contributed by atoms with Gasteiger partial charge in [0.15, 0.2) is 0 Å². The summed E-state index contributed by atoms with van der Waals surface area (Å²) in [7, 11) is 0. The van der Waals surface area contributed by atoms with Crippen LogP contribution in [0.1, 0.15) is 12.5 Å². The highest BCUT2D eigenvalue weighted by Crippen LogP contribution is 2.17. The van der Waals surface area contributed by atoms with E-state index in [1.165, 1.54) is 23.9 Å². The van der Waals surface area contributed by atoms with Crippen LogP contribution in [0.3, 0.4) is 0 Å². The Bertz CT molecular complexity index is 415. The number of benzene rings is 1. The van der Waals surface area contributed by atoms with Gasteiger partial charge >= 0.3 is 5.97 Å². The lowest BCUT2D eigenvalue weighted by Crippen LogP contribution is -2.34. The number of esters is 1. The van der Waals surface area contributed by atoms with E-state index >= 15 is 0 Å². The molecular weight excluding hydrogens is 260 g/mol. The van der Waals surface area contributed by atoms with Crippen LogP contribution < -0.4 is 5.73 Å². The molecule has 1 aromatic rings. The number of thioether (sulfide) groups is 1. The molecule has 100 valence electrons. The molecule has 0 saturated carbocycles. The van der Waals surface area contributed by atoms with E-state index in [0.717, 1.165) is 6.07 Å². The summed E-state index contributed by atoms with van der Waals surface area (Å²) >= 11 is 1.30. The van der Waals surface area contributed by atoms with Gasteiger partial charge in [-0.05, 0) is 18.6 Å². The van der Waals surface area contributed by atoms with Crippen molar-refractivity contribution in [3.05, 3.63) is 35.4 Å². The van der Waals surface area contributed by atoms with Crippen LogP contribution in [0.5, 0.6) is 0 Å². The molecule has 0 aliphatic carbocycles. The van der Waals surface area contributed by atoms with Crippen LogP contribution in [-0.4, -0.2) is 24.4 Å². The molecule has 0 radical (unpaired) electrons. The summed E-state index contributed by atoms with van der Waals surface area (Å²) in [4.78, 5) is 11.2. The highest BCUT2D eigenvalue weighted by atomic mass is 32.2. The topological polar surface area (TPSA) is 52.3 Å². The largest absolute Gasteiger partial charge is 0.465 e. The molecule has 1 aromatic carbocycles. The monoisotopic (exact) mass is 275 g/mol. The Morgan fingerprint density at radius 3 is 2.83 bits per heavy atom. The zero-order valence-corrected chi connectivity index (χ0v) is 10.8. The van der Waals surface area contributed by atoms with Crippen LogP contribution in [0, 0.1) is 11.6 Å². The molecular formula is C12H15F2NO2S. The number of hydrogen-bond acceptors (Lipinski definition) is 4. The Labute approximate surface area is 109 Å². The maximum atomic E-state index is 13.3. The molecule has 1 rings (SSSR count). The van der Waals surface area contributed by atoms with Crippen LogP contribution in [0.2, 0.25) is 0 Å². The minimum atomic E-state index is -0.724. The van der Waals surface area contributed by atoms with Crippen LogP contribution >= 0.6 is 11.8 Å². The third kappa shape index (κ3) is 4.62. The van der Waals surface area contributed by atoms with Crippen LogP contribution in [-0.2, 0) is 15.3 Å². The van der Waals surface area contributed by atoms with Gasteiger partial charge in [0, 0.05) is 17.6 Å². The standard InChI is InChI=1S/C12H15F2NO2S/c1-2-17-12(16)11(15)7-18-6-8-3-4-9(13)5-10(8)14/h3-5,11H,2,6-7,15H2,1H3. The minimum Gasteiger partial charge on any atom is -0.465 e. The Kier molecular flexibility index (Phi) is 6.07. The van der Waals surface area contributed by atoms with Gasteiger partial charge < -0.3 is 10.5 Å². The van der Waals surface area contributed by atoms with Crippen LogP contribution in [0.4, 0.5) is 8.78 Å². The van der Waals surface area contributed by atoms with Crippen molar-refractivity contribution in [1.82, 2.24) is 0 Å². The van der Waals surface area contributed by atoms with Gasteiger partial charge in [0.1, 0.15) is 17.7 Å².